The summed E-state index contributed by atoms with van der Waals surface area (Å²) in [7, 11) is 4.03. The molecular formula is C16H25N5O2S. The number of likely N-dealkylation sites (N-methyl/N-ethyl adjacent to an activating group) is 1. The third kappa shape index (κ3) is 4.40. The average molecular weight is 351 g/mol. The lowest BCUT2D eigenvalue weighted by Gasteiger charge is -2.11. The van der Waals surface area contributed by atoms with E-state index in [0.717, 1.165) is 34.7 Å². The van der Waals surface area contributed by atoms with E-state index < -0.39 is 6.10 Å². The molecule has 0 fully saturated rings. The first-order chi connectivity index (χ1) is 11.4. The van der Waals surface area contributed by atoms with Gasteiger partial charge in [-0.25, -0.2) is 9.97 Å². The Kier molecular flexibility index (Phi) is 6.47. The van der Waals surface area contributed by atoms with Gasteiger partial charge in [0.25, 0.3) is 5.91 Å². The molecule has 2 heterocycles. The van der Waals surface area contributed by atoms with Gasteiger partial charge < -0.3 is 20.6 Å². The molecule has 0 aliphatic carbocycles. The van der Waals surface area contributed by atoms with E-state index in [1.165, 1.54) is 17.7 Å². The van der Waals surface area contributed by atoms with Crippen molar-refractivity contribution in [2.24, 2.45) is 0 Å². The number of aliphatic hydroxyl groups excluding tert-OH is 1. The molecule has 1 amide bonds. The van der Waals surface area contributed by atoms with Crippen LogP contribution in [0.1, 0.15) is 28.6 Å². The molecule has 0 saturated heterocycles. The van der Waals surface area contributed by atoms with Crippen molar-refractivity contribution < 1.29 is 9.90 Å². The number of aryl methyl sites for hydroxylation is 1. The van der Waals surface area contributed by atoms with Gasteiger partial charge in [0.05, 0.1) is 16.4 Å². The average Bonchev–Trinajstić information content (AvgIpc) is 2.90. The number of fused-ring (bicyclic) bond motifs is 1. The zero-order valence-corrected chi connectivity index (χ0v) is 15.4. The fraction of sp³-hybridized carbons (Fsp3) is 0.562. The maximum Gasteiger partial charge on any atom is 0.261 e. The van der Waals surface area contributed by atoms with E-state index in [4.69, 9.17) is 0 Å². The highest BCUT2D eigenvalue weighted by Crippen LogP contribution is 2.33. The molecule has 1 unspecified atom stereocenters. The lowest BCUT2D eigenvalue weighted by molar-refractivity contribution is 0.0917. The van der Waals surface area contributed by atoms with E-state index in [1.54, 1.807) is 0 Å². The Bertz CT molecular complexity index is 701. The van der Waals surface area contributed by atoms with Crippen molar-refractivity contribution in [1.29, 1.82) is 0 Å². The number of rotatable bonds is 8. The number of carbonyl (C=O) groups excluding carboxylic acids is 1. The second-order valence-electron chi connectivity index (χ2n) is 5.96. The van der Waals surface area contributed by atoms with Gasteiger partial charge in [-0.2, -0.15) is 0 Å². The van der Waals surface area contributed by atoms with Crippen molar-refractivity contribution in [3.63, 3.8) is 0 Å². The van der Waals surface area contributed by atoms with Gasteiger partial charge in [-0.15, -0.1) is 11.3 Å². The number of amides is 1. The number of anilines is 1. The number of nitrogens with one attached hydrogen (secondary N) is 2. The molecule has 0 radical (unpaired) electrons. The van der Waals surface area contributed by atoms with E-state index in [0.29, 0.717) is 11.3 Å². The number of nitrogens with zero attached hydrogens (tertiary/aromatic N) is 3. The summed E-state index contributed by atoms with van der Waals surface area (Å²) in [6, 6.07) is 0. The fourth-order valence-electron chi connectivity index (χ4n) is 2.26. The molecule has 0 aromatic carbocycles. The van der Waals surface area contributed by atoms with Gasteiger partial charge in [-0.1, -0.05) is 6.92 Å². The Morgan fingerprint density at radius 2 is 2.17 bits per heavy atom. The Morgan fingerprint density at radius 1 is 1.42 bits per heavy atom. The van der Waals surface area contributed by atoms with Crippen LogP contribution in [0.5, 0.6) is 0 Å². The molecule has 7 nitrogen and oxygen atoms in total. The quantitative estimate of drug-likeness (QED) is 0.667. The summed E-state index contributed by atoms with van der Waals surface area (Å²) in [6.45, 7) is 5.69. The zero-order chi connectivity index (χ0) is 17.7. The smallest absolute Gasteiger partial charge is 0.261 e. The monoisotopic (exact) mass is 351 g/mol. The normalized spacial score (nSPS) is 12.6. The number of hydrogen-bond donors (Lipinski definition) is 3. The van der Waals surface area contributed by atoms with Gasteiger partial charge in [0.15, 0.2) is 0 Å². The Hall–Kier alpha value is -1.77. The second kappa shape index (κ2) is 8.36. The van der Waals surface area contributed by atoms with Gasteiger partial charge in [0.2, 0.25) is 0 Å². The Balaban J connectivity index is 2.21. The van der Waals surface area contributed by atoms with Crippen LogP contribution in [0.4, 0.5) is 5.82 Å². The van der Waals surface area contributed by atoms with E-state index in [1.807, 2.05) is 27.9 Å². The molecule has 3 N–H and O–H groups in total. The van der Waals surface area contributed by atoms with Gasteiger partial charge in [0.1, 0.15) is 17.0 Å². The first kappa shape index (κ1) is 18.6. The summed E-state index contributed by atoms with van der Waals surface area (Å²) < 4.78 is 0. The van der Waals surface area contributed by atoms with Crippen molar-refractivity contribution in [3.05, 3.63) is 16.8 Å². The fourth-order valence-corrected chi connectivity index (χ4v) is 3.32. The molecule has 0 aliphatic rings. The Labute approximate surface area is 146 Å². The van der Waals surface area contributed by atoms with Gasteiger partial charge >= 0.3 is 0 Å². The van der Waals surface area contributed by atoms with Gasteiger partial charge in [0, 0.05) is 19.6 Å². The van der Waals surface area contributed by atoms with Crippen LogP contribution >= 0.6 is 11.3 Å². The third-order valence-electron chi connectivity index (χ3n) is 3.75. The summed E-state index contributed by atoms with van der Waals surface area (Å²) in [5, 5.41) is 16.6. The van der Waals surface area contributed by atoms with Crippen LogP contribution in [0.25, 0.3) is 10.2 Å². The van der Waals surface area contributed by atoms with E-state index in [-0.39, 0.29) is 12.5 Å². The molecule has 2 aromatic rings. The first-order valence-electron chi connectivity index (χ1n) is 8.03. The molecule has 1 atom stereocenters. The summed E-state index contributed by atoms with van der Waals surface area (Å²) in [6.07, 6.45) is 1.60. The lowest BCUT2D eigenvalue weighted by atomic mass is 10.2. The minimum absolute atomic E-state index is 0.178. The topological polar surface area (TPSA) is 90.4 Å². The molecule has 132 valence electrons. The molecule has 2 aromatic heterocycles. The summed E-state index contributed by atoms with van der Waals surface area (Å²) >= 11 is 1.35. The van der Waals surface area contributed by atoms with Crippen LogP contribution in [0.15, 0.2) is 6.33 Å². The van der Waals surface area contributed by atoms with Crippen LogP contribution in [-0.4, -0.2) is 65.7 Å². The maximum absolute atomic E-state index is 12.4. The minimum Gasteiger partial charge on any atom is -0.391 e. The number of carbonyl (C=O) groups is 1. The highest BCUT2D eigenvalue weighted by Gasteiger charge is 2.19. The summed E-state index contributed by atoms with van der Waals surface area (Å²) in [4.78, 5) is 24.5. The largest absolute Gasteiger partial charge is 0.391 e. The van der Waals surface area contributed by atoms with Crippen LogP contribution < -0.4 is 10.6 Å². The van der Waals surface area contributed by atoms with Crippen LogP contribution in [0.2, 0.25) is 0 Å². The Morgan fingerprint density at radius 3 is 2.83 bits per heavy atom. The van der Waals surface area contributed by atoms with Crippen molar-refractivity contribution in [2.45, 2.75) is 26.4 Å². The van der Waals surface area contributed by atoms with Crippen molar-refractivity contribution >= 4 is 33.3 Å². The van der Waals surface area contributed by atoms with Gasteiger partial charge in [-0.3, -0.25) is 4.79 Å². The summed E-state index contributed by atoms with van der Waals surface area (Å²) in [5.74, 6) is 0.575. The second-order valence-corrected chi connectivity index (χ2v) is 6.96. The molecule has 2 rings (SSSR count). The predicted molar refractivity (Wildman–Crippen MR) is 97.8 cm³/mol. The van der Waals surface area contributed by atoms with Crippen molar-refractivity contribution in [2.75, 3.05) is 39.0 Å². The third-order valence-corrected chi connectivity index (χ3v) is 4.95. The zero-order valence-electron chi connectivity index (χ0n) is 14.6. The summed E-state index contributed by atoms with van der Waals surface area (Å²) in [5.41, 5.74) is 0.867. The molecule has 0 spiro atoms. The van der Waals surface area contributed by atoms with Crippen LogP contribution in [-0.2, 0) is 0 Å². The standard InChI is InChI=1S/C16H25N5O2S/c1-5-11(22)8-18-15(23)13-10(2)12-14(17-6-7-21(3)4)19-9-20-16(12)24-13/h9,11,22H,5-8H2,1-4H3,(H,18,23)(H,17,19,20). The lowest BCUT2D eigenvalue weighted by Crippen LogP contribution is -2.31. The number of aliphatic hydroxyl groups is 1. The predicted octanol–water partition coefficient (Wildman–Crippen LogP) is 1.47. The molecule has 8 heteroatoms. The molecular weight excluding hydrogens is 326 g/mol. The maximum atomic E-state index is 12.4. The van der Waals surface area contributed by atoms with Crippen molar-refractivity contribution in [3.8, 4) is 0 Å². The van der Waals surface area contributed by atoms with Crippen molar-refractivity contribution in [1.82, 2.24) is 20.2 Å². The molecule has 0 saturated carbocycles. The van der Waals surface area contributed by atoms with Crippen LogP contribution in [0, 0.1) is 6.92 Å². The van der Waals surface area contributed by atoms with E-state index in [9.17, 15) is 9.90 Å². The highest BCUT2D eigenvalue weighted by atomic mass is 32.1. The van der Waals surface area contributed by atoms with Gasteiger partial charge in [-0.05, 0) is 33.0 Å². The number of hydrogen-bond acceptors (Lipinski definition) is 7. The number of thiophene rings is 1. The molecule has 0 bridgehead atoms. The number of aromatic nitrogens is 2. The van der Waals surface area contributed by atoms with E-state index in [2.05, 4.69) is 25.5 Å². The van der Waals surface area contributed by atoms with E-state index >= 15 is 0 Å². The highest BCUT2D eigenvalue weighted by molar-refractivity contribution is 7.20. The first-order valence-corrected chi connectivity index (χ1v) is 8.84. The molecule has 0 aliphatic heterocycles. The molecule has 24 heavy (non-hydrogen) atoms. The van der Waals surface area contributed by atoms with Crippen LogP contribution in [0.3, 0.4) is 0 Å². The minimum atomic E-state index is -0.522. The SMILES string of the molecule is CCC(O)CNC(=O)c1sc2ncnc(NCCN(C)C)c2c1C.